The summed E-state index contributed by atoms with van der Waals surface area (Å²) in [6.07, 6.45) is 1.40. The van der Waals surface area contributed by atoms with Gasteiger partial charge >= 0.3 is 6.09 Å². The number of halogens is 1. The fraction of sp³-hybridized carbons (Fsp3) is 0.471. The Morgan fingerprint density at radius 2 is 2.18 bits per heavy atom. The van der Waals surface area contributed by atoms with Crippen LogP contribution in [0.4, 0.5) is 4.79 Å². The van der Waals surface area contributed by atoms with Gasteiger partial charge in [0.05, 0.1) is 19.3 Å². The standard InChI is InChI=1S/C17H22ClNO3/c1-5-12-8-13(10-14(18)9-12)15-11-21-7-6-19(15)16(20)22-17(2,3)4/h5,8-10,15H,1,6-7,11H2,2-4H3/t15-/m0/s1. The zero-order chi connectivity index (χ0) is 16.3. The highest BCUT2D eigenvalue weighted by Crippen LogP contribution is 2.29. The van der Waals surface area contributed by atoms with Crippen LogP contribution < -0.4 is 0 Å². The number of rotatable bonds is 2. The minimum Gasteiger partial charge on any atom is -0.444 e. The zero-order valence-electron chi connectivity index (χ0n) is 13.3. The average Bonchev–Trinajstić information content (AvgIpc) is 2.44. The fourth-order valence-electron chi connectivity index (χ4n) is 2.37. The van der Waals surface area contributed by atoms with Crippen LogP contribution in [0.2, 0.25) is 5.02 Å². The second-order valence-corrected chi connectivity index (χ2v) is 6.72. The summed E-state index contributed by atoms with van der Waals surface area (Å²) in [5, 5.41) is 0.613. The summed E-state index contributed by atoms with van der Waals surface area (Å²) < 4.78 is 11.0. The number of carbonyl (C=O) groups excluding carboxylic acids is 1. The summed E-state index contributed by atoms with van der Waals surface area (Å²) in [6, 6.07) is 5.45. The van der Waals surface area contributed by atoms with E-state index in [4.69, 9.17) is 21.1 Å². The summed E-state index contributed by atoms with van der Waals surface area (Å²) in [5.41, 5.74) is 1.31. The third kappa shape index (κ3) is 4.24. The summed E-state index contributed by atoms with van der Waals surface area (Å²) in [5.74, 6) is 0. The second-order valence-electron chi connectivity index (χ2n) is 6.29. The maximum atomic E-state index is 12.4. The maximum absolute atomic E-state index is 12.4. The highest BCUT2D eigenvalue weighted by molar-refractivity contribution is 6.30. The highest BCUT2D eigenvalue weighted by atomic mass is 35.5. The first kappa shape index (κ1) is 16.8. The number of amides is 1. The lowest BCUT2D eigenvalue weighted by molar-refractivity contribution is -0.0331. The van der Waals surface area contributed by atoms with Crippen LogP contribution in [0.25, 0.3) is 6.08 Å². The van der Waals surface area contributed by atoms with Gasteiger partial charge in [-0.3, -0.25) is 4.90 Å². The Bertz CT molecular complexity index is 566. The number of nitrogens with zero attached hydrogens (tertiary/aromatic N) is 1. The van der Waals surface area contributed by atoms with Crippen molar-refractivity contribution < 1.29 is 14.3 Å². The van der Waals surface area contributed by atoms with Gasteiger partial charge in [0.1, 0.15) is 5.60 Å². The van der Waals surface area contributed by atoms with Gasteiger partial charge in [0, 0.05) is 11.6 Å². The molecule has 5 heteroatoms. The molecule has 1 fully saturated rings. The molecule has 120 valence electrons. The van der Waals surface area contributed by atoms with Crippen molar-refractivity contribution >= 4 is 23.8 Å². The molecule has 2 rings (SSSR count). The molecule has 0 radical (unpaired) electrons. The minimum absolute atomic E-state index is 0.207. The van der Waals surface area contributed by atoms with Crippen molar-refractivity contribution in [3.63, 3.8) is 0 Å². The molecule has 22 heavy (non-hydrogen) atoms. The molecule has 1 saturated heterocycles. The molecule has 0 aliphatic carbocycles. The van der Waals surface area contributed by atoms with E-state index in [0.717, 1.165) is 11.1 Å². The van der Waals surface area contributed by atoms with Crippen molar-refractivity contribution in [2.24, 2.45) is 0 Å². The first-order chi connectivity index (χ1) is 10.3. The Morgan fingerprint density at radius 3 is 2.82 bits per heavy atom. The lowest BCUT2D eigenvalue weighted by Gasteiger charge is -2.37. The number of hydrogen-bond acceptors (Lipinski definition) is 3. The van der Waals surface area contributed by atoms with Gasteiger partial charge in [-0.05, 0) is 50.1 Å². The third-order valence-electron chi connectivity index (χ3n) is 3.32. The van der Waals surface area contributed by atoms with E-state index in [2.05, 4.69) is 6.58 Å². The normalized spacial score (nSPS) is 18.9. The zero-order valence-corrected chi connectivity index (χ0v) is 14.0. The molecule has 0 spiro atoms. The van der Waals surface area contributed by atoms with Gasteiger partial charge in [0.2, 0.25) is 0 Å². The Labute approximate surface area is 136 Å². The van der Waals surface area contributed by atoms with E-state index in [0.29, 0.717) is 24.8 Å². The number of morpholine rings is 1. The van der Waals surface area contributed by atoms with Crippen LogP contribution in [0.5, 0.6) is 0 Å². The predicted molar refractivity (Wildman–Crippen MR) is 88.0 cm³/mol. The van der Waals surface area contributed by atoms with E-state index in [9.17, 15) is 4.79 Å². The van der Waals surface area contributed by atoms with Gasteiger partial charge in [-0.1, -0.05) is 24.3 Å². The maximum Gasteiger partial charge on any atom is 0.410 e. The number of ether oxygens (including phenoxy) is 2. The van der Waals surface area contributed by atoms with Crippen LogP contribution >= 0.6 is 11.6 Å². The highest BCUT2D eigenvalue weighted by Gasteiger charge is 2.32. The molecule has 1 aromatic rings. The van der Waals surface area contributed by atoms with Crippen LogP contribution in [0.1, 0.15) is 37.9 Å². The van der Waals surface area contributed by atoms with Crippen molar-refractivity contribution in [1.82, 2.24) is 4.90 Å². The average molecular weight is 324 g/mol. The molecule has 1 aromatic carbocycles. The van der Waals surface area contributed by atoms with E-state index in [1.54, 1.807) is 11.0 Å². The molecule has 4 nitrogen and oxygen atoms in total. The molecule has 1 atom stereocenters. The summed E-state index contributed by atoms with van der Waals surface area (Å²) in [7, 11) is 0. The van der Waals surface area contributed by atoms with Gasteiger partial charge in [0.25, 0.3) is 0 Å². The van der Waals surface area contributed by atoms with E-state index in [-0.39, 0.29) is 12.1 Å². The van der Waals surface area contributed by atoms with Crippen molar-refractivity contribution in [2.45, 2.75) is 32.4 Å². The fourth-order valence-corrected chi connectivity index (χ4v) is 2.62. The van der Waals surface area contributed by atoms with Crippen LogP contribution in [0, 0.1) is 0 Å². The first-order valence-electron chi connectivity index (χ1n) is 7.30. The molecule has 0 bridgehead atoms. The second kappa shape index (κ2) is 6.71. The number of carbonyl (C=O) groups is 1. The molecule has 0 saturated carbocycles. The van der Waals surface area contributed by atoms with Crippen LogP contribution in [0.15, 0.2) is 24.8 Å². The van der Waals surface area contributed by atoms with Gasteiger partial charge in [0.15, 0.2) is 0 Å². The lowest BCUT2D eigenvalue weighted by atomic mass is 10.0. The topological polar surface area (TPSA) is 38.8 Å². The predicted octanol–water partition coefficient (Wildman–Crippen LogP) is 4.29. The summed E-state index contributed by atoms with van der Waals surface area (Å²) in [6.45, 7) is 10.8. The Balaban J connectivity index is 2.28. The van der Waals surface area contributed by atoms with E-state index < -0.39 is 5.60 Å². The number of benzene rings is 1. The van der Waals surface area contributed by atoms with Gasteiger partial charge in [-0.2, -0.15) is 0 Å². The molecule has 1 amide bonds. The smallest absolute Gasteiger partial charge is 0.410 e. The van der Waals surface area contributed by atoms with Crippen LogP contribution in [0.3, 0.4) is 0 Å². The monoisotopic (exact) mass is 323 g/mol. The molecule has 1 heterocycles. The Kier molecular flexibility index (Phi) is 5.14. The Hall–Kier alpha value is -1.52. The van der Waals surface area contributed by atoms with Crippen molar-refractivity contribution in [1.29, 1.82) is 0 Å². The third-order valence-corrected chi connectivity index (χ3v) is 3.54. The van der Waals surface area contributed by atoms with Crippen LogP contribution in [-0.2, 0) is 9.47 Å². The molecule has 0 N–H and O–H groups in total. The lowest BCUT2D eigenvalue weighted by Crippen LogP contribution is -2.45. The van der Waals surface area contributed by atoms with Gasteiger partial charge < -0.3 is 9.47 Å². The Morgan fingerprint density at radius 1 is 1.45 bits per heavy atom. The van der Waals surface area contributed by atoms with Crippen molar-refractivity contribution in [3.05, 3.63) is 40.9 Å². The molecular formula is C17H22ClNO3. The molecule has 1 aliphatic heterocycles. The molecule has 0 unspecified atom stereocenters. The SMILES string of the molecule is C=Cc1cc(Cl)cc([C@@H]2COCCN2C(=O)OC(C)(C)C)c1. The molecule has 1 aliphatic rings. The summed E-state index contributed by atoms with van der Waals surface area (Å²) >= 11 is 6.16. The van der Waals surface area contributed by atoms with Crippen molar-refractivity contribution in [2.75, 3.05) is 19.8 Å². The first-order valence-corrected chi connectivity index (χ1v) is 7.68. The van der Waals surface area contributed by atoms with E-state index in [1.165, 1.54) is 0 Å². The molecule has 0 aromatic heterocycles. The van der Waals surface area contributed by atoms with Gasteiger partial charge in [-0.15, -0.1) is 0 Å². The van der Waals surface area contributed by atoms with E-state index in [1.807, 2.05) is 39.0 Å². The largest absolute Gasteiger partial charge is 0.444 e. The number of hydrogen-bond donors (Lipinski definition) is 0. The summed E-state index contributed by atoms with van der Waals surface area (Å²) in [4.78, 5) is 14.1. The minimum atomic E-state index is -0.527. The van der Waals surface area contributed by atoms with Crippen LogP contribution in [-0.4, -0.2) is 36.4 Å². The van der Waals surface area contributed by atoms with Crippen molar-refractivity contribution in [3.8, 4) is 0 Å². The molecular weight excluding hydrogens is 302 g/mol. The van der Waals surface area contributed by atoms with E-state index >= 15 is 0 Å². The quantitative estimate of drug-likeness (QED) is 0.815. The van der Waals surface area contributed by atoms with Gasteiger partial charge in [-0.25, -0.2) is 4.79 Å².